The van der Waals surface area contributed by atoms with Crippen molar-refractivity contribution in [3.05, 3.63) is 52.8 Å². The number of hydrogen-bond acceptors (Lipinski definition) is 4. The number of fused-ring (bicyclic) bond motifs is 3. The molecule has 1 fully saturated rings. The van der Waals surface area contributed by atoms with Crippen LogP contribution in [0.5, 0.6) is 5.75 Å². The number of hydrogen-bond donors (Lipinski definition) is 2. The van der Waals surface area contributed by atoms with Crippen molar-refractivity contribution in [2.24, 2.45) is 0 Å². The standard InChI is InChI=1S/C19H17F4N3O2/c1-28-11-2-3-15(14(20)8-11)25-10-6-12-16-9-24-4-5-26(16)18(27)17(12)13(7-10)19(21,22)23/h2-3,6-8,16,24-25H,4-5,9H2,1H3. The van der Waals surface area contributed by atoms with Crippen LogP contribution in [-0.2, 0) is 6.18 Å². The van der Waals surface area contributed by atoms with E-state index in [0.29, 0.717) is 30.9 Å². The highest BCUT2D eigenvalue weighted by atomic mass is 19.4. The summed E-state index contributed by atoms with van der Waals surface area (Å²) in [6, 6.07) is 5.89. The van der Waals surface area contributed by atoms with Crippen LogP contribution in [0.3, 0.4) is 0 Å². The maximum atomic E-state index is 14.2. The summed E-state index contributed by atoms with van der Waals surface area (Å²) in [5.41, 5.74) is -0.960. The van der Waals surface area contributed by atoms with Gasteiger partial charge in [0.2, 0.25) is 0 Å². The van der Waals surface area contributed by atoms with E-state index in [2.05, 4.69) is 10.6 Å². The van der Waals surface area contributed by atoms with Crippen molar-refractivity contribution in [2.45, 2.75) is 12.2 Å². The minimum atomic E-state index is -4.71. The second kappa shape index (κ2) is 6.66. The minimum Gasteiger partial charge on any atom is -0.497 e. The number of carbonyl (C=O) groups is 1. The third-order valence-corrected chi connectivity index (χ3v) is 5.01. The van der Waals surface area contributed by atoms with Crippen LogP contribution in [0.1, 0.15) is 27.5 Å². The number of nitrogens with one attached hydrogen (secondary N) is 2. The van der Waals surface area contributed by atoms with Gasteiger partial charge in [-0.2, -0.15) is 13.2 Å². The lowest BCUT2D eigenvalue weighted by molar-refractivity contribution is -0.137. The van der Waals surface area contributed by atoms with Crippen LogP contribution in [0, 0.1) is 5.82 Å². The summed E-state index contributed by atoms with van der Waals surface area (Å²) in [7, 11) is 1.39. The molecule has 2 aromatic rings. The number of methoxy groups -OCH3 is 1. The predicted octanol–water partition coefficient (Wildman–Crippen LogP) is 3.70. The summed E-state index contributed by atoms with van der Waals surface area (Å²) in [4.78, 5) is 14.0. The monoisotopic (exact) mass is 395 g/mol. The van der Waals surface area contributed by atoms with Gasteiger partial charge < -0.3 is 20.3 Å². The van der Waals surface area contributed by atoms with Crippen LogP contribution in [0.2, 0.25) is 0 Å². The van der Waals surface area contributed by atoms with Crippen LogP contribution in [-0.4, -0.2) is 37.6 Å². The third kappa shape index (κ3) is 3.05. The van der Waals surface area contributed by atoms with E-state index < -0.39 is 29.5 Å². The van der Waals surface area contributed by atoms with E-state index in [-0.39, 0.29) is 16.9 Å². The van der Waals surface area contributed by atoms with Gasteiger partial charge in [-0.15, -0.1) is 0 Å². The molecule has 2 aromatic carbocycles. The maximum Gasteiger partial charge on any atom is 0.417 e. The van der Waals surface area contributed by atoms with Gasteiger partial charge in [0.1, 0.15) is 11.6 Å². The Bertz CT molecular complexity index is 946. The Hall–Kier alpha value is -2.81. The molecule has 0 spiro atoms. The van der Waals surface area contributed by atoms with Crippen molar-refractivity contribution in [3.8, 4) is 5.75 Å². The summed E-state index contributed by atoms with van der Waals surface area (Å²) in [5, 5.41) is 5.79. The molecule has 148 valence electrons. The van der Waals surface area contributed by atoms with E-state index in [0.717, 1.165) is 12.1 Å². The Kier molecular flexibility index (Phi) is 4.41. The lowest BCUT2D eigenvalue weighted by Crippen LogP contribution is -2.44. The summed E-state index contributed by atoms with van der Waals surface area (Å²) in [6.45, 7) is 1.24. The van der Waals surface area contributed by atoms with Crippen molar-refractivity contribution in [3.63, 3.8) is 0 Å². The Morgan fingerprint density at radius 2 is 2.04 bits per heavy atom. The fraction of sp³-hybridized carbons (Fsp3) is 0.316. The number of benzene rings is 2. The molecule has 0 bridgehead atoms. The van der Waals surface area contributed by atoms with Crippen molar-refractivity contribution in [2.75, 3.05) is 32.1 Å². The summed E-state index contributed by atoms with van der Waals surface area (Å²) >= 11 is 0. The molecule has 2 aliphatic rings. The number of piperazine rings is 1. The van der Waals surface area contributed by atoms with E-state index in [1.165, 1.54) is 30.2 Å². The molecule has 1 atom stereocenters. The number of ether oxygens (including phenoxy) is 1. The normalized spacial score (nSPS) is 18.7. The Morgan fingerprint density at radius 1 is 1.25 bits per heavy atom. The van der Waals surface area contributed by atoms with E-state index >= 15 is 0 Å². The highest BCUT2D eigenvalue weighted by Crippen LogP contribution is 2.44. The average molecular weight is 395 g/mol. The first kappa shape index (κ1) is 18.5. The van der Waals surface area contributed by atoms with Gasteiger partial charge in [-0.3, -0.25) is 4.79 Å². The van der Waals surface area contributed by atoms with Gasteiger partial charge in [-0.1, -0.05) is 0 Å². The van der Waals surface area contributed by atoms with E-state index in [1.807, 2.05) is 0 Å². The molecule has 1 saturated heterocycles. The maximum absolute atomic E-state index is 14.2. The molecular formula is C19H17F4N3O2. The SMILES string of the molecule is COc1ccc(Nc2cc3c(c(C(F)(F)F)c2)C(=O)N2CCNCC32)c(F)c1. The molecule has 0 saturated carbocycles. The molecule has 0 aromatic heterocycles. The van der Waals surface area contributed by atoms with Crippen LogP contribution < -0.4 is 15.4 Å². The van der Waals surface area contributed by atoms with Crippen molar-refractivity contribution in [1.29, 1.82) is 0 Å². The van der Waals surface area contributed by atoms with Crippen LogP contribution in [0.25, 0.3) is 0 Å². The number of nitrogens with zero attached hydrogens (tertiary/aromatic N) is 1. The zero-order valence-electron chi connectivity index (χ0n) is 14.9. The Balaban J connectivity index is 1.79. The number of halogens is 4. The smallest absolute Gasteiger partial charge is 0.417 e. The fourth-order valence-corrected chi connectivity index (χ4v) is 3.71. The second-order valence-corrected chi connectivity index (χ2v) is 6.68. The fourth-order valence-electron chi connectivity index (χ4n) is 3.71. The molecule has 0 radical (unpaired) electrons. The predicted molar refractivity (Wildman–Crippen MR) is 94.3 cm³/mol. The van der Waals surface area contributed by atoms with E-state index in [9.17, 15) is 22.4 Å². The average Bonchev–Trinajstić information content (AvgIpc) is 2.95. The van der Waals surface area contributed by atoms with Gasteiger partial charge in [0.25, 0.3) is 5.91 Å². The highest BCUT2D eigenvalue weighted by molar-refractivity contribution is 6.01. The van der Waals surface area contributed by atoms with Gasteiger partial charge in [0.05, 0.1) is 30.0 Å². The minimum absolute atomic E-state index is 0.0109. The molecule has 2 N–H and O–H groups in total. The number of amides is 1. The van der Waals surface area contributed by atoms with E-state index in [4.69, 9.17) is 4.74 Å². The molecule has 28 heavy (non-hydrogen) atoms. The van der Waals surface area contributed by atoms with Gasteiger partial charge >= 0.3 is 6.18 Å². The van der Waals surface area contributed by atoms with Crippen molar-refractivity contribution >= 4 is 17.3 Å². The number of carbonyl (C=O) groups excluding carboxylic acids is 1. The molecule has 4 rings (SSSR count). The number of anilines is 2. The Labute approximate surface area is 158 Å². The second-order valence-electron chi connectivity index (χ2n) is 6.68. The van der Waals surface area contributed by atoms with Crippen molar-refractivity contribution in [1.82, 2.24) is 10.2 Å². The molecule has 9 heteroatoms. The zero-order valence-corrected chi connectivity index (χ0v) is 14.9. The molecule has 2 heterocycles. The van der Waals surface area contributed by atoms with Crippen LogP contribution in [0.15, 0.2) is 30.3 Å². The molecule has 1 unspecified atom stereocenters. The zero-order chi connectivity index (χ0) is 20.1. The van der Waals surface area contributed by atoms with Crippen LogP contribution in [0.4, 0.5) is 28.9 Å². The Morgan fingerprint density at radius 3 is 2.71 bits per heavy atom. The topological polar surface area (TPSA) is 53.6 Å². The summed E-state index contributed by atoms with van der Waals surface area (Å²) in [5.74, 6) is -0.982. The highest BCUT2D eigenvalue weighted by Gasteiger charge is 2.45. The number of rotatable bonds is 3. The number of alkyl halides is 3. The summed E-state index contributed by atoms with van der Waals surface area (Å²) in [6.07, 6.45) is -4.71. The van der Waals surface area contributed by atoms with Gasteiger partial charge in [0.15, 0.2) is 0 Å². The molecule has 2 aliphatic heterocycles. The first-order valence-corrected chi connectivity index (χ1v) is 8.67. The van der Waals surface area contributed by atoms with Gasteiger partial charge in [0, 0.05) is 31.4 Å². The lowest BCUT2D eigenvalue weighted by atomic mass is 9.97. The first-order chi connectivity index (χ1) is 13.3. The molecule has 1 amide bonds. The lowest BCUT2D eigenvalue weighted by Gasteiger charge is -2.30. The molecule has 0 aliphatic carbocycles. The largest absolute Gasteiger partial charge is 0.497 e. The van der Waals surface area contributed by atoms with Gasteiger partial charge in [-0.25, -0.2) is 4.39 Å². The molecule has 5 nitrogen and oxygen atoms in total. The quantitative estimate of drug-likeness (QED) is 0.779. The van der Waals surface area contributed by atoms with Crippen LogP contribution >= 0.6 is 0 Å². The van der Waals surface area contributed by atoms with Crippen molar-refractivity contribution < 1.29 is 27.1 Å². The van der Waals surface area contributed by atoms with Gasteiger partial charge in [-0.05, 0) is 29.8 Å². The molecular weight excluding hydrogens is 378 g/mol. The third-order valence-electron chi connectivity index (χ3n) is 5.01. The first-order valence-electron chi connectivity index (χ1n) is 8.67. The van der Waals surface area contributed by atoms with E-state index in [1.54, 1.807) is 0 Å². The summed E-state index contributed by atoms with van der Waals surface area (Å²) < 4.78 is 60.2.